The van der Waals surface area contributed by atoms with Gasteiger partial charge in [0.15, 0.2) is 0 Å². The summed E-state index contributed by atoms with van der Waals surface area (Å²) < 4.78 is 133. The first kappa shape index (κ1) is 29.1. The second kappa shape index (κ2) is 10.5. The number of amides is 1. The monoisotopic (exact) mass is 517 g/mol. The third kappa shape index (κ3) is 6.79. The van der Waals surface area contributed by atoms with Crippen LogP contribution < -0.4 is 5.32 Å². The van der Waals surface area contributed by atoms with E-state index in [0.717, 1.165) is 6.42 Å². The molecule has 0 radical (unpaired) electrons. The second-order valence-electron chi connectivity index (χ2n) is 7.20. The standard InChI is InChI=1S/C17H22F7NO7S/c1-2-12(26)32-15(16(20,21)22,13(27)25-11-7-4-3-5-8-11)31-10-6-9-14(18,19)17(23,24)33(28,29)30/h2,11H,1,3-10H2,(H,25,27)(H,28,29,30). The molecule has 33 heavy (non-hydrogen) atoms. The molecule has 1 aliphatic rings. The predicted molar refractivity (Wildman–Crippen MR) is 96.7 cm³/mol. The van der Waals surface area contributed by atoms with Gasteiger partial charge < -0.3 is 14.8 Å². The average Bonchev–Trinajstić information content (AvgIpc) is 2.68. The van der Waals surface area contributed by atoms with Crippen LogP contribution in [0.4, 0.5) is 30.7 Å². The molecule has 0 heterocycles. The zero-order chi connectivity index (χ0) is 25.7. The molecule has 0 aromatic carbocycles. The van der Waals surface area contributed by atoms with Gasteiger partial charge in [0.1, 0.15) is 0 Å². The van der Waals surface area contributed by atoms with Gasteiger partial charge in [0.05, 0.1) is 6.61 Å². The third-order valence-electron chi connectivity index (χ3n) is 4.71. The topological polar surface area (TPSA) is 119 Å². The maximum Gasteiger partial charge on any atom is 0.466 e. The van der Waals surface area contributed by atoms with Crippen molar-refractivity contribution < 1.29 is 62.8 Å². The lowest BCUT2D eigenvalue weighted by atomic mass is 9.95. The molecule has 16 heteroatoms. The highest BCUT2D eigenvalue weighted by Gasteiger charge is 2.67. The van der Waals surface area contributed by atoms with E-state index in [0.29, 0.717) is 25.7 Å². The molecule has 1 aliphatic carbocycles. The number of ether oxygens (including phenoxy) is 2. The van der Waals surface area contributed by atoms with Crippen LogP contribution in [0.25, 0.3) is 0 Å². The van der Waals surface area contributed by atoms with E-state index in [1.54, 1.807) is 0 Å². The largest absolute Gasteiger partial charge is 0.466 e. The summed E-state index contributed by atoms with van der Waals surface area (Å²) in [5.41, 5.74) is 0. The first-order valence-corrected chi connectivity index (χ1v) is 10.9. The van der Waals surface area contributed by atoms with Crippen LogP contribution in [0.3, 0.4) is 0 Å². The number of hydrogen-bond donors (Lipinski definition) is 2. The Kier molecular flexibility index (Phi) is 9.30. The summed E-state index contributed by atoms with van der Waals surface area (Å²) >= 11 is 0. The van der Waals surface area contributed by atoms with Crippen LogP contribution in [0.2, 0.25) is 0 Å². The summed E-state index contributed by atoms with van der Waals surface area (Å²) in [6, 6.07) is -0.725. The number of esters is 1. The summed E-state index contributed by atoms with van der Waals surface area (Å²) in [6.45, 7) is 1.40. The second-order valence-corrected chi connectivity index (χ2v) is 8.66. The van der Waals surface area contributed by atoms with Gasteiger partial charge in [-0.15, -0.1) is 0 Å². The van der Waals surface area contributed by atoms with Crippen molar-refractivity contribution in [3.8, 4) is 0 Å². The molecular weight excluding hydrogens is 495 g/mol. The summed E-state index contributed by atoms with van der Waals surface area (Å²) in [5.74, 6) is -13.4. The first-order valence-electron chi connectivity index (χ1n) is 9.51. The molecule has 1 amide bonds. The molecule has 0 spiro atoms. The SMILES string of the molecule is C=CC(=O)OC(OCCCC(F)(F)C(F)(F)S(=O)(=O)O)(C(=O)NC1CCCCC1)C(F)(F)F. The van der Waals surface area contributed by atoms with Crippen molar-refractivity contribution in [2.75, 3.05) is 6.61 Å². The van der Waals surface area contributed by atoms with Crippen LogP contribution >= 0.6 is 0 Å². The zero-order valence-corrected chi connectivity index (χ0v) is 17.8. The first-order chi connectivity index (χ1) is 14.9. The molecule has 2 N–H and O–H groups in total. The highest BCUT2D eigenvalue weighted by Crippen LogP contribution is 2.42. The molecule has 0 aliphatic heterocycles. The van der Waals surface area contributed by atoms with Crippen molar-refractivity contribution in [2.45, 2.75) is 74.1 Å². The Morgan fingerprint density at radius 3 is 2.06 bits per heavy atom. The van der Waals surface area contributed by atoms with Crippen molar-refractivity contribution in [1.82, 2.24) is 5.32 Å². The summed E-state index contributed by atoms with van der Waals surface area (Å²) in [5, 5.41) is -3.91. The molecule has 0 saturated heterocycles. The van der Waals surface area contributed by atoms with E-state index < -0.39 is 70.6 Å². The fourth-order valence-electron chi connectivity index (χ4n) is 2.96. The molecular formula is C17H22F7NO7S. The van der Waals surface area contributed by atoms with E-state index in [9.17, 15) is 48.7 Å². The van der Waals surface area contributed by atoms with Crippen LogP contribution in [0.5, 0.6) is 0 Å². The van der Waals surface area contributed by atoms with Gasteiger partial charge in [-0.3, -0.25) is 9.35 Å². The number of hydrogen-bond acceptors (Lipinski definition) is 6. The van der Waals surface area contributed by atoms with Crippen LogP contribution in [0.15, 0.2) is 12.7 Å². The van der Waals surface area contributed by atoms with Crippen LogP contribution in [-0.4, -0.2) is 60.6 Å². The van der Waals surface area contributed by atoms with Crippen molar-refractivity contribution >= 4 is 22.0 Å². The normalized spacial score (nSPS) is 18.3. The van der Waals surface area contributed by atoms with Crippen LogP contribution in [-0.2, 0) is 29.2 Å². The number of carbonyl (C=O) groups is 2. The number of halogens is 7. The minimum absolute atomic E-state index is 0.276. The highest BCUT2D eigenvalue weighted by molar-refractivity contribution is 7.87. The molecule has 0 aromatic rings. The molecule has 1 saturated carbocycles. The Balaban J connectivity index is 3.07. The fourth-order valence-corrected chi connectivity index (χ4v) is 3.44. The van der Waals surface area contributed by atoms with Gasteiger partial charge in [-0.05, 0) is 19.3 Å². The minimum Gasteiger partial charge on any atom is -0.412 e. The lowest BCUT2D eigenvalue weighted by molar-refractivity contribution is -0.347. The van der Waals surface area contributed by atoms with Gasteiger partial charge in [-0.25, -0.2) is 4.79 Å². The molecule has 1 fully saturated rings. The van der Waals surface area contributed by atoms with E-state index in [-0.39, 0.29) is 6.08 Å². The number of carbonyl (C=O) groups excluding carboxylic acids is 2. The van der Waals surface area contributed by atoms with E-state index in [2.05, 4.69) is 16.1 Å². The molecule has 1 atom stereocenters. The van der Waals surface area contributed by atoms with Gasteiger partial charge in [0.2, 0.25) is 0 Å². The van der Waals surface area contributed by atoms with Gasteiger partial charge in [-0.1, -0.05) is 25.8 Å². The highest BCUT2D eigenvalue weighted by atomic mass is 32.2. The molecule has 1 unspecified atom stereocenters. The lowest BCUT2D eigenvalue weighted by Gasteiger charge is -2.35. The smallest absolute Gasteiger partial charge is 0.412 e. The third-order valence-corrected chi connectivity index (χ3v) is 5.66. The molecule has 1 rings (SSSR count). The summed E-state index contributed by atoms with van der Waals surface area (Å²) in [6.07, 6.45) is -6.28. The fraction of sp³-hybridized carbons (Fsp3) is 0.765. The average molecular weight is 517 g/mol. The van der Waals surface area contributed by atoms with Gasteiger partial charge in [-0.2, -0.15) is 39.2 Å². The molecule has 8 nitrogen and oxygen atoms in total. The number of nitrogens with one attached hydrogen (secondary N) is 1. The lowest BCUT2D eigenvalue weighted by Crippen LogP contribution is -2.63. The van der Waals surface area contributed by atoms with Crippen LogP contribution in [0, 0.1) is 0 Å². The zero-order valence-electron chi connectivity index (χ0n) is 17.0. The van der Waals surface area contributed by atoms with Crippen molar-refractivity contribution in [3.63, 3.8) is 0 Å². The van der Waals surface area contributed by atoms with Gasteiger partial charge in [0.25, 0.3) is 0 Å². The van der Waals surface area contributed by atoms with Gasteiger partial charge >= 0.3 is 45.1 Å². The van der Waals surface area contributed by atoms with Crippen molar-refractivity contribution in [3.05, 3.63) is 12.7 Å². The Morgan fingerprint density at radius 2 is 1.61 bits per heavy atom. The minimum atomic E-state index is -6.55. The van der Waals surface area contributed by atoms with Gasteiger partial charge in [0, 0.05) is 18.5 Å². The van der Waals surface area contributed by atoms with Crippen LogP contribution in [0.1, 0.15) is 44.9 Å². The molecule has 0 bridgehead atoms. The van der Waals surface area contributed by atoms with Crippen molar-refractivity contribution in [1.29, 1.82) is 0 Å². The summed E-state index contributed by atoms with van der Waals surface area (Å²) in [7, 11) is -6.55. The summed E-state index contributed by atoms with van der Waals surface area (Å²) in [4.78, 5) is 24.0. The number of alkyl halides is 7. The Morgan fingerprint density at radius 1 is 1.06 bits per heavy atom. The van der Waals surface area contributed by atoms with E-state index in [4.69, 9.17) is 4.55 Å². The maximum absolute atomic E-state index is 13.8. The van der Waals surface area contributed by atoms with E-state index in [1.165, 1.54) is 0 Å². The van der Waals surface area contributed by atoms with Crippen molar-refractivity contribution in [2.24, 2.45) is 0 Å². The Hall–Kier alpha value is -1.94. The predicted octanol–water partition coefficient (Wildman–Crippen LogP) is 3.34. The Labute approximate surface area is 184 Å². The molecule has 192 valence electrons. The molecule has 0 aromatic heterocycles. The van der Waals surface area contributed by atoms with E-state index >= 15 is 0 Å². The maximum atomic E-state index is 13.8. The number of rotatable bonds is 11. The Bertz CT molecular complexity index is 826. The van der Waals surface area contributed by atoms with E-state index in [1.807, 2.05) is 5.32 Å². The quantitative estimate of drug-likeness (QED) is 0.108.